The van der Waals surface area contributed by atoms with Crippen LogP contribution in [0.2, 0.25) is 0 Å². The minimum Gasteiger partial charge on any atom is -0.493 e. The zero-order chi connectivity index (χ0) is 27.2. The molecule has 0 unspecified atom stereocenters. The van der Waals surface area contributed by atoms with Crippen LogP contribution in [0.1, 0.15) is 30.9 Å². The van der Waals surface area contributed by atoms with Gasteiger partial charge in [0.25, 0.3) is 17.1 Å². The summed E-state index contributed by atoms with van der Waals surface area (Å²) in [6.07, 6.45) is 3.42. The van der Waals surface area contributed by atoms with Gasteiger partial charge in [-0.05, 0) is 72.8 Å². The highest BCUT2D eigenvalue weighted by Crippen LogP contribution is 2.34. The number of rotatable bonds is 8. The van der Waals surface area contributed by atoms with E-state index in [9.17, 15) is 19.2 Å². The van der Waals surface area contributed by atoms with Gasteiger partial charge in [-0.3, -0.25) is 24.1 Å². The van der Waals surface area contributed by atoms with E-state index in [1.165, 1.54) is 7.11 Å². The summed E-state index contributed by atoms with van der Waals surface area (Å²) in [6.45, 7) is 4.88. The fraction of sp³-hybridized carbons (Fsp3) is 0.357. The van der Waals surface area contributed by atoms with E-state index in [4.69, 9.17) is 9.47 Å². The number of para-hydroxylation sites is 1. The number of nitrogens with zero attached hydrogens (tertiary/aromatic N) is 2. The largest absolute Gasteiger partial charge is 0.493 e. The van der Waals surface area contributed by atoms with Crippen LogP contribution in [0.25, 0.3) is 6.08 Å². The molecule has 10 heteroatoms. The molecule has 2 aromatic carbocycles. The summed E-state index contributed by atoms with van der Waals surface area (Å²) in [4.78, 5) is 53.4. The van der Waals surface area contributed by atoms with Gasteiger partial charge in [-0.25, -0.2) is 0 Å². The van der Waals surface area contributed by atoms with E-state index < -0.39 is 11.1 Å². The molecule has 4 rings (SSSR count). The number of carbonyl (C=O) groups is 4. The third-order valence-corrected chi connectivity index (χ3v) is 7.47. The summed E-state index contributed by atoms with van der Waals surface area (Å²) in [7, 11) is 1.47. The van der Waals surface area contributed by atoms with Crippen LogP contribution in [0.4, 0.5) is 10.5 Å². The number of anilines is 1. The van der Waals surface area contributed by atoms with Crippen molar-refractivity contribution in [2.75, 3.05) is 38.7 Å². The lowest BCUT2D eigenvalue weighted by atomic mass is 9.99. The maximum absolute atomic E-state index is 12.9. The van der Waals surface area contributed by atoms with Gasteiger partial charge in [-0.15, -0.1) is 0 Å². The number of amides is 4. The molecule has 2 aliphatic rings. The van der Waals surface area contributed by atoms with Crippen LogP contribution in [0.5, 0.6) is 11.5 Å². The highest BCUT2D eigenvalue weighted by Gasteiger charge is 2.37. The summed E-state index contributed by atoms with van der Waals surface area (Å²) in [5, 5.41) is 2.34. The lowest BCUT2D eigenvalue weighted by Gasteiger charge is -2.31. The Morgan fingerprint density at radius 3 is 2.55 bits per heavy atom. The van der Waals surface area contributed by atoms with Gasteiger partial charge < -0.3 is 19.7 Å². The zero-order valence-corrected chi connectivity index (χ0v) is 22.5. The number of hydrogen-bond acceptors (Lipinski definition) is 7. The molecule has 0 aromatic heterocycles. The summed E-state index contributed by atoms with van der Waals surface area (Å²) < 4.78 is 11.1. The van der Waals surface area contributed by atoms with Gasteiger partial charge in [0.05, 0.1) is 12.0 Å². The van der Waals surface area contributed by atoms with Gasteiger partial charge in [0, 0.05) is 18.8 Å². The average Bonchev–Trinajstić information content (AvgIpc) is 3.16. The Balaban J connectivity index is 1.38. The number of carbonyl (C=O) groups excluding carboxylic acids is 4. The number of nitrogens with one attached hydrogen (secondary N) is 1. The molecular formula is C28H31N3O6S. The topological polar surface area (TPSA) is 105 Å². The third-order valence-electron chi connectivity index (χ3n) is 6.57. The quantitative estimate of drug-likeness (QED) is 0.500. The van der Waals surface area contributed by atoms with Crippen LogP contribution < -0.4 is 14.8 Å². The Kier molecular flexibility index (Phi) is 8.73. The first-order valence-corrected chi connectivity index (χ1v) is 13.3. The number of piperidine rings is 1. The Labute approximate surface area is 226 Å². The summed E-state index contributed by atoms with van der Waals surface area (Å²) in [5.41, 5.74) is 2.27. The Bertz CT molecular complexity index is 1270. The smallest absolute Gasteiger partial charge is 0.294 e. The monoisotopic (exact) mass is 537 g/mol. The van der Waals surface area contributed by atoms with Gasteiger partial charge in [-0.2, -0.15) is 0 Å². The number of thioether (sulfide) groups is 1. The molecule has 38 heavy (non-hydrogen) atoms. The lowest BCUT2D eigenvalue weighted by molar-refractivity contribution is -0.136. The first-order chi connectivity index (χ1) is 18.2. The second kappa shape index (κ2) is 12.2. The lowest BCUT2D eigenvalue weighted by Crippen LogP contribution is -2.45. The predicted molar refractivity (Wildman–Crippen MR) is 146 cm³/mol. The Morgan fingerprint density at radius 1 is 1.11 bits per heavy atom. The second-order valence-corrected chi connectivity index (χ2v) is 10.4. The van der Waals surface area contributed by atoms with Crippen molar-refractivity contribution in [3.8, 4) is 11.5 Å². The van der Waals surface area contributed by atoms with Gasteiger partial charge in [-0.1, -0.05) is 31.2 Å². The van der Waals surface area contributed by atoms with E-state index in [1.807, 2.05) is 31.2 Å². The molecule has 0 bridgehead atoms. The second-order valence-electron chi connectivity index (χ2n) is 9.39. The van der Waals surface area contributed by atoms with E-state index >= 15 is 0 Å². The van der Waals surface area contributed by atoms with Crippen molar-refractivity contribution in [3.63, 3.8) is 0 Å². The van der Waals surface area contributed by atoms with E-state index in [1.54, 1.807) is 29.2 Å². The first-order valence-electron chi connectivity index (χ1n) is 12.4. The molecule has 1 N–H and O–H groups in total. The maximum atomic E-state index is 12.9. The van der Waals surface area contributed by atoms with Crippen molar-refractivity contribution in [1.29, 1.82) is 0 Å². The average molecular weight is 538 g/mol. The van der Waals surface area contributed by atoms with Gasteiger partial charge in [0.1, 0.15) is 6.54 Å². The third kappa shape index (κ3) is 6.55. The molecule has 0 spiro atoms. The fourth-order valence-corrected chi connectivity index (χ4v) is 5.06. The molecular weight excluding hydrogens is 506 g/mol. The molecule has 9 nitrogen and oxygen atoms in total. The van der Waals surface area contributed by atoms with Crippen molar-refractivity contribution >= 4 is 46.5 Å². The molecule has 0 saturated carbocycles. The highest BCUT2D eigenvalue weighted by molar-refractivity contribution is 8.18. The molecule has 2 saturated heterocycles. The van der Waals surface area contributed by atoms with Crippen LogP contribution in [-0.4, -0.2) is 66.1 Å². The maximum Gasteiger partial charge on any atom is 0.294 e. The van der Waals surface area contributed by atoms with Crippen molar-refractivity contribution in [1.82, 2.24) is 9.80 Å². The molecule has 2 aliphatic heterocycles. The van der Waals surface area contributed by atoms with Crippen molar-refractivity contribution in [2.45, 2.75) is 26.7 Å². The number of imide groups is 1. The number of benzene rings is 2. The molecule has 0 radical (unpaired) electrons. The first kappa shape index (κ1) is 27.3. The molecule has 2 heterocycles. The van der Waals surface area contributed by atoms with Crippen molar-refractivity contribution in [2.24, 2.45) is 5.92 Å². The summed E-state index contributed by atoms with van der Waals surface area (Å²) in [6, 6.07) is 12.4. The van der Waals surface area contributed by atoms with Crippen molar-refractivity contribution in [3.05, 3.63) is 58.5 Å². The van der Waals surface area contributed by atoms with E-state index in [0.717, 1.165) is 35.1 Å². The Morgan fingerprint density at radius 2 is 1.84 bits per heavy atom. The normalized spacial score (nSPS) is 17.2. The zero-order valence-electron chi connectivity index (χ0n) is 21.7. The van der Waals surface area contributed by atoms with Crippen LogP contribution in [0.3, 0.4) is 0 Å². The number of hydrogen-bond donors (Lipinski definition) is 1. The van der Waals surface area contributed by atoms with E-state index in [-0.39, 0.29) is 29.9 Å². The Hall–Kier alpha value is -3.79. The molecule has 2 fully saturated rings. The van der Waals surface area contributed by atoms with Crippen molar-refractivity contribution < 1.29 is 28.7 Å². The fourth-order valence-electron chi connectivity index (χ4n) is 4.22. The van der Waals surface area contributed by atoms with Crippen LogP contribution in [-0.2, 0) is 14.4 Å². The van der Waals surface area contributed by atoms with Gasteiger partial charge >= 0.3 is 0 Å². The van der Waals surface area contributed by atoms with Gasteiger partial charge in [0.15, 0.2) is 18.1 Å². The molecule has 200 valence electrons. The number of methoxy groups -OCH3 is 1. The number of ether oxygens (including phenoxy) is 2. The van der Waals surface area contributed by atoms with Crippen LogP contribution in [0, 0.1) is 12.8 Å². The predicted octanol–water partition coefficient (Wildman–Crippen LogP) is 4.32. The van der Waals surface area contributed by atoms with Gasteiger partial charge in [0.2, 0.25) is 5.91 Å². The van der Waals surface area contributed by atoms with E-state index in [2.05, 4.69) is 12.2 Å². The summed E-state index contributed by atoms with van der Waals surface area (Å²) in [5.74, 6) is 0.285. The SMILES string of the molecule is COc1cc(/C=C2\SC(=O)N(CC(=O)N3CCC(C)CC3)C2=O)ccc1OCC(=O)Nc1ccccc1C. The number of aryl methyl sites for hydroxylation is 1. The molecule has 0 atom stereocenters. The minimum absolute atomic E-state index is 0.213. The standard InChI is InChI=1S/C28H31N3O6S/c1-18-10-12-30(13-11-18)26(33)16-31-27(34)24(38-28(31)35)15-20-8-9-22(23(14-20)36-3)37-17-25(32)29-21-7-5-4-6-19(21)2/h4-9,14-15,18H,10-13,16-17H2,1-3H3,(H,29,32)/b24-15-. The highest BCUT2D eigenvalue weighted by atomic mass is 32.2. The molecule has 4 amide bonds. The number of likely N-dealkylation sites (tertiary alicyclic amines) is 1. The summed E-state index contributed by atoms with van der Waals surface area (Å²) >= 11 is 0.802. The molecule has 2 aromatic rings. The molecule has 0 aliphatic carbocycles. The minimum atomic E-state index is -0.495. The van der Waals surface area contributed by atoms with Crippen LogP contribution in [0.15, 0.2) is 47.4 Å². The van der Waals surface area contributed by atoms with Crippen LogP contribution >= 0.6 is 11.8 Å². The van der Waals surface area contributed by atoms with E-state index in [0.29, 0.717) is 41.8 Å².